The van der Waals surface area contributed by atoms with Gasteiger partial charge in [-0.15, -0.1) is 0 Å². The van der Waals surface area contributed by atoms with Crippen molar-refractivity contribution in [2.24, 2.45) is 0 Å². The fourth-order valence-electron chi connectivity index (χ4n) is 2.72. The normalized spacial score (nSPS) is 10.8. The smallest absolute Gasteiger partial charge is 0.337 e. The molecule has 0 fully saturated rings. The first kappa shape index (κ1) is 15.2. The van der Waals surface area contributed by atoms with Crippen LogP contribution in [-0.2, 0) is 4.74 Å². The monoisotopic (exact) mass is 312 g/mol. The van der Waals surface area contributed by atoms with Crippen LogP contribution < -0.4 is 0 Å². The van der Waals surface area contributed by atoms with Crippen molar-refractivity contribution in [2.75, 3.05) is 7.11 Å². The van der Waals surface area contributed by atoms with Crippen LogP contribution in [0.5, 0.6) is 0 Å². The van der Waals surface area contributed by atoms with Crippen molar-refractivity contribution in [1.82, 2.24) is 0 Å². The highest BCUT2D eigenvalue weighted by atomic mass is 19.1. The van der Waals surface area contributed by atoms with E-state index in [9.17, 15) is 13.6 Å². The Balaban J connectivity index is 2.34. The topological polar surface area (TPSA) is 26.3 Å². The summed E-state index contributed by atoms with van der Waals surface area (Å²) in [6.45, 7) is 1.54. The maximum atomic E-state index is 14.3. The molecule has 0 saturated carbocycles. The molecule has 0 N–H and O–H groups in total. The Morgan fingerprint density at radius 3 is 2.48 bits per heavy atom. The van der Waals surface area contributed by atoms with Crippen LogP contribution in [0, 0.1) is 18.6 Å². The number of hydrogen-bond acceptors (Lipinski definition) is 2. The number of carbonyl (C=O) groups excluding carboxylic acids is 1. The molecule has 0 spiro atoms. The molecule has 0 bridgehead atoms. The van der Waals surface area contributed by atoms with E-state index in [1.165, 1.54) is 14.0 Å². The van der Waals surface area contributed by atoms with Gasteiger partial charge in [0, 0.05) is 5.56 Å². The van der Waals surface area contributed by atoms with E-state index in [1.807, 2.05) is 6.07 Å². The molecule has 3 aromatic carbocycles. The number of rotatable bonds is 2. The summed E-state index contributed by atoms with van der Waals surface area (Å²) in [6.07, 6.45) is 0. The summed E-state index contributed by atoms with van der Waals surface area (Å²) in [5, 5.41) is 1.50. The number of benzene rings is 3. The Morgan fingerprint density at radius 2 is 1.74 bits per heavy atom. The van der Waals surface area contributed by atoms with Crippen molar-refractivity contribution in [3.8, 4) is 11.1 Å². The van der Waals surface area contributed by atoms with Gasteiger partial charge in [0.1, 0.15) is 11.6 Å². The Hall–Kier alpha value is -2.75. The van der Waals surface area contributed by atoms with Crippen molar-refractivity contribution in [3.05, 3.63) is 71.3 Å². The molecule has 2 nitrogen and oxygen atoms in total. The number of esters is 1. The Labute approximate surface area is 132 Å². The molecule has 0 amide bonds. The van der Waals surface area contributed by atoms with Gasteiger partial charge in [0.2, 0.25) is 0 Å². The van der Waals surface area contributed by atoms with Gasteiger partial charge >= 0.3 is 5.97 Å². The SMILES string of the molecule is COC(=O)c1ccc2cccc(-c3c(F)ccc(F)c3C)c2c1. The molecule has 116 valence electrons. The van der Waals surface area contributed by atoms with E-state index in [0.29, 0.717) is 16.5 Å². The summed E-state index contributed by atoms with van der Waals surface area (Å²) in [5.41, 5.74) is 1.35. The lowest BCUT2D eigenvalue weighted by Crippen LogP contribution is -2.01. The first-order valence-electron chi connectivity index (χ1n) is 7.09. The van der Waals surface area contributed by atoms with E-state index in [0.717, 1.165) is 17.5 Å². The quantitative estimate of drug-likeness (QED) is 0.630. The lowest BCUT2D eigenvalue weighted by Gasteiger charge is -2.12. The predicted molar refractivity (Wildman–Crippen MR) is 85.4 cm³/mol. The van der Waals surface area contributed by atoms with E-state index in [1.54, 1.807) is 30.3 Å². The molecule has 0 aliphatic carbocycles. The molecule has 0 heterocycles. The number of carbonyl (C=O) groups is 1. The fourth-order valence-corrected chi connectivity index (χ4v) is 2.72. The number of methoxy groups -OCH3 is 1. The second-order valence-electron chi connectivity index (χ2n) is 5.26. The van der Waals surface area contributed by atoms with Gasteiger partial charge in [-0.25, -0.2) is 13.6 Å². The fraction of sp³-hybridized carbons (Fsp3) is 0.105. The van der Waals surface area contributed by atoms with Gasteiger partial charge in [0.05, 0.1) is 12.7 Å². The Morgan fingerprint density at radius 1 is 1.00 bits per heavy atom. The van der Waals surface area contributed by atoms with Crippen LogP contribution in [-0.4, -0.2) is 13.1 Å². The van der Waals surface area contributed by atoms with Gasteiger partial charge < -0.3 is 4.74 Å². The minimum atomic E-state index is -0.500. The van der Waals surface area contributed by atoms with Crippen molar-refractivity contribution in [1.29, 1.82) is 0 Å². The summed E-state index contributed by atoms with van der Waals surface area (Å²) in [7, 11) is 1.30. The average Bonchev–Trinajstić information content (AvgIpc) is 2.57. The molecule has 23 heavy (non-hydrogen) atoms. The number of fused-ring (bicyclic) bond motifs is 1. The van der Waals surface area contributed by atoms with E-state index in [4.69, 9.17) is 4.74 Å². The number of hydrogen-bond donors (Lipinski definition) is 0. The predicted octanol–water partition coefficient (Wildman–Crippen LogP) is 4.88. The third-order valence-corrected chi connectivity index (χ3v) is 3.92. The third kappa shape index (κ3) is 2.57. The lowest BCUT2D eigenvalue weighted by molar-refractivity contribution is 0.0601. The van der Waals surface area contributed by atoms with Gasteiger partial charge in [-0.05, 0) is 53.1 Å². The highest BCUT2D eigenvalue weighted by Crippen LogP contribution is 2.34. The number of halogens is 2. The second-order valence-corrected chi connectivity index (χ2v) is 5.26. The van der Waals surface area contributed by atoms with Gasteiger partial charge in [0.15, 0.2) is 0 Å². The largest absolute Gasteiger partial charge is 0.465 e. The van der Waals surface area contributed by atoms with Gasteiger partial charge in [0.25, 0.3) is 0 Å². The first-order valence-corrected chi connectivity index (χ1v) is 7.09. The minimum absolute atomic E-state index is 0.206. The van der Waals surface area contributed by atoms with Crippen LogP contribution in [0.25, 0.3) is 21.9 Å². The van der Waals surface area contributed by atoms with Crippen molar-refractivity contribution >= 4 is 16.7 Å². The molecule has 3 aromatic rings. The van der Waals surface area contributed by atoms with E-state index >= 15 is 0 Å². The highest BCUT2D eigenvalue weighted by molar-refractivity contribution is 6.02. The standard InChI is InChI=1S/C19H14F2O2/c1-11-16(20)8-9-17(21)18(11)14-5-3-4-12-6-7-13(10-15(12)14)19(22)23-2/h3-10H,1-2H3. The van der Waals surface area contributed by atoms with Gasteiger partial charge in [-0.2, -0.15) is 0 Å². The summed E-state index contributed by atoms with van der Waals surface area (Å²) in [4.78, 5) is 11.7. The van der Waals surface area contributed by atoms with Crippen LogP contribution in [0.3, 0.4) is 0 Å². The average molecular weight is 312 g/mol. The van der Waals surface area contributed by atoms with Crippen molar-refractivity contribution in [3.63, 3.8) is 0 Å². The molecular formula is C19H14F2O2. The molecule has 0 saturated heterocycles. The summed E-state index contributed by atoms with van der Waals surface area (Å²) < 4.78 is 32.9. The molecule has 0 unspecified atom stereocenters. The summed E-state index contributed by atoms with van der Waals surface area (Å²) in [6, 6.07) is 12.6. The molecule has 0 aromatic heterocycles. The first-order chi connectivity index (χ1) is 11.0. The van der Waals surface area contributed by atoms with Crippen molar-refractivity contribution in [2.45, 2.75) is 6.92 Å². The maximum Gasteiger partial charge on any atom is 0.337 e. The van der Waals surface area contributed by atoms with Crippen LogP contribution in [0.1, 0.15) is 15.9 Å². The summed E-state index contributed by atoms with van der Waals surface area (Å²) >= 11 is 0. The van der Waals surface area contributed by atoms with E-state index in [-0.39, 0.29) is 11.1 Å². The molecule has 0 radical (unpaired) electrons. The van der Waals surface area contributed by atoms with E-state index in [2.05, 4.69) is 0 Å². The van der Waals surface area contributed by atoms with Gasteiger partial charge in [-0.3, -0.25) is 0 Å². The van der Waals surface area contributed by atoms with Crippen LogP contribution in [0.15, 0.2) is 48.5 Å². The van der Waals surface area contributed by atoms with Gasteiger partial charge in [-0.1, -0.05) is 24.3 Å². The maximum absolute atomic E-state index is 14.3. The second kappa shape index (κ2) is 5.80. The zero-order valence-electron chi connectivity index (χ0n) is 12.7. The summed E-state index contributed by atoms with van der Waals surface area (Å²) in [5.74, 6) is -1.44. The molecule has 3 rings (SSSR count). The molecule has 0 aliphatic heterocycles. The highest BCUT2D eigenvalue weighted by Gasteiger charge is 2.16. The molecule has 0 aliphatic rings. The Kier molecular flexibility index (Phi) is 3.82. The molecular weight excluding hydrogens is 298 g/mol. The van der Waals surface area contributed by atoms with Crippen LogP contribution in [0.2, 0.25) is 0 Å². The van der Waals surface area contributed by atoms with Crippen LogP contribution >= 0.6 is 0 Å². The van der Waals surface area contributed by atoms with Crippen molar-refractivity contribution < 1.29 is 18.3 Å². The Bertz CT molecular complexity index is 917. The van der Waals surface area contributed by atoms with Crippen LogP contribution in [0.4, 0.5) is 8.78 Å². The minimum Gasteiger partial charge on any atom is -0.465 e. The molecule has 0 atom stereocenters. The lowest BCUT2D eigenvalue weighted by atomic mass is 9.93. The third-order valence-electron chi connectivity index (χ3n) is 3.92. The zero-order chi connectivity index (χ0) is 16.6. The number of ether oxygens (including phenoxy) is 1. The van der Waals surface area contributed by atoms with E-state index < -0.39 is 17.6 Å². The molecule has 4 heteroatoms. The zero-order valence-corrected chi connectivity index (χ0v) is 12.7.